The number of aryl methyl sites for hydroxylation is 1. The summed E-state index contributed by atoms with van der Waals surface area (Å²) < 4.78 is 9.55. The van der Waals surface area contributed by atoms with E-state index in [1.165, 1.54) is 14.0 Å². The van der Waals surface area contributed by atoms with Gasteiger partial charge in [-0.05, 0) is 63.1 Å². The summed E-state index contributed by atoms with van der Waals surface area (Å²) in [4.78, 5) is 68.6. The zero-order chi connectivity index (χ0) is 35.5. The van der Waals surface area contributed by atoms with Crippen LogP contribution in [0.1, 0.15) is 69.0 Å². The van der Waals surface area contributed by atoms with E-state index in [0.717, 1.165) is 70.8 Å². The number of carbonyl (C=O) groups is 4. The highest BCUT2D eigenvalue weighted by atomic mass is 16.6. The smallest absolute Gasteiger partial charge is 0.407 e. The second-order valence-electron chi connectivity index (χ2n) is 12.7. The van der Waals surface area contributed by atoms with Crippen LogP contribution in [0.4, 0.5) is 9.59 Å². The van der Waals surface area contributed by atoms with Crippen LogP contribution in [-0.4, -0.2) is 86.1 Å². The van der Waals surface area contributed by atoms with Crippen molar-refractivity contribution in [3.63, 3.8) is 0 Å². The number of aromatic amines is 2. The van der Waals surface area contributed by atoms with Crippen molar-refractivity contribution in [3.05, 3.63) is 72.1 Å². The molecule has 4 aromatic rings. The first-order chi connectivity index (χ1) is 24.0. The Balaban J connectivity index is 1.12. The number of likely N-dealkylation sites (tertiary alicyclic amines) is 2. The Hall–Kier alpha value is -5.66. The minimum Gasteiger partial charge on any atom is -0.453 e. The SMILES string of the molecule is COC(=O)N[C@@H](C)C(=O)N1CCCC1c1nc(-c2ccc(-c3ccc(-c4cnc([C@@H]5CCCN5C(=O)[C@H](C)OC(N)=O)[nH]4)cc3)cc2)c(C)[nH]1. The van der Waals surface area contributed by atoms with Crippen LogP contribution in [0.2, 0.25) is 0 Å². The molecule has 4 amide bonds. The maximum Gasteiger partial charge on any atom is 0.407 e. The van der Waals surface area contributed by atoms with Gasteiger partial charge >= 0.3 is 12.2 Å². The third kappa shape index (κ3) is 7.05. The van der Waals surface area contributed by atoms with Gasteiger partial charge in [0, 0.05) is 24.3 Å². The number of methoxy groups -OCH3 is 1. The first-order valence-electron chi connectivity index (χ1n) is 16.8. The Kier molecular flexibility index (Phi) is 9.88. The van der Waals surface area contributed by atoms with Gasteiger partial charge in [0.15, 0.2) is 6.10 Å². The van der Waals surface area contributed by atoms with Crippen LogP contribution in [0.3, 0.4) is 0 Å². The van der Waals surface area contributed by atoms with Crippen LogP contribution in [0.25, 0.3) is 33.6 Å². The van der Waals surface area contributed by atoms with E-state index < -0.39 is 24.3 Å². The first-order valence-corrected chi connectivity index (χ1v) is 16.8. The number of ether oxygens (including phenoxy) is 2. The summed E-state index contributed by atoms with van der Waals surface area (Å²) >= 11 is 0. The maximum absolute atomic E-state index is 13.1. The molecule has 0 saturated carbocycles. The number of H-pyrrole nitrogens is 2. The maximum atomic E-state index is 13.1. The molecule has 0 bridgehead atoms. The number of hydrogen-bond donors (Lipinski definition) is 4. The third-order valence-corrected chi connectivity index (χ3v) is 9.42. The molecule has 50 heavy (non-hydrogen) atoms. The fourth-order valence-corrected chi connectivity index (χ4v) is 6.87. The average molecular weight is 683 g/mol. The van der Waals surface area contributed by atoms with E-state index in [-0.39, 0.29) is 23.9 Å². The van der Waals surface area contributed by atoms with Gasteiger partial charge < -0.3 is 40.3 Å². The topological polar surface area (TPSA) is 189 Å². The van der Waals surface area contributed by atoms with Crippen molar-refractivity contribution in [2.45, 2.75) is 70.7 Å². The predicted molar refractivity (Wildman–Crippen MR) is 184 cm³/mol. The fourth-order valence-electron chi connectivity index (χ4n) is 6.87. The van der Waals surface area contributed by atoms with E-state index in [0.29, 0.717) is 18.9 Å². The number of nitrogens with two attached hydrogens (primary N) is 1. The molecule has 2 aromatic heterocycles. The average Bonchev–Trinajstić information content (AvgIpc) is 3.94. The van der Waals surface area contributed by atoms with Crippen LogP contribution in [0, 0.1) is 6.92 Å². The minimum atomic E-state index is -0.978. The highest BCUT2D eigenvalue weighted by Gasteiger charge is 2.36. The molecular weight excluding hydrogens is 640 g/mol. The summed E-state index contributed by atoms with van der Waals surface area (Å²) in [6.45, 7) is 6.29. The van der Waals surface area contributed by atoms with E-state index >= 15 is 0 Å². The summed E-state index contributed by atoms with van der Waals surface area (Å²) in [5.41, 5.74) is 11.7. The second kappa shape index (κ2) is 14.4. The van der Waals surface area contributed by atoms with Crippen molar-refractivity contribution in [2.24, 2.45) is 5.73 Å². The van der Waals surface area contributed by atoms with Crippen LogP contribution >= 0.6 is 0 Å². The lowest BCUT2D eigenvalue weighted by molar-refractivity contribution is -0.140. The molecule has 14 nitrogen and oxygen atoms in total. The molecule has 0 radical (unpaired) electrons. The molecule has 6 rings (SSSR count). The van der Waals surface area contributed by atoms with Gasteiger partial charge in [0.05, 0.1) is 36.8 Å². The van der Waals surface area contributed by atoms with Crippen molar-refractivity contribution in [3.8, 4) is 33.6 Å². The number of carbonyl (C=O) groups excluding carboxylic acids is 4. The molecule has 2 aromatic carbocycles. The number of rotatable bonds is 9. The lowest BCUT2D eigenvalue weighted by Crippen LogP contribution is -2.46. The van der Waals surface area contributed by atoms with E-state index in [1.54, 1.807) is 22.9 Å². The summed E-state index contributed by atoms with van der Waals surface area (Å²) in [5, 5.41) is 2.56. The van der Waals surface area contributed by atoms with Gasteiger partial charge in [-0.25, -0.2) is 19.6 Å². The van der Waals surface area contributed by atoms with Gasteiger partial charge in [-0.3, -0.25) is 9.59 Å². The molecule has 262 valence electrons. The second-order valence-corrected chi connectivity index (χ2v) is 12.7. The van der Waals surface area contributed by atoms with Crippen molar-refractivity contribution in [1.29, 1.82) is 0 Å². The van der Waals surface area contributed by atoms with E-state index in [1.807, 2.05) is 31.2 Å². The van der Waals surface area contributed by atoms with Crippen LogP contribution in [0.15, 0.2) is 54.7 Å². The largest absolute Gasteiger partial charge is 0.453 e. The molecule has 2 aliphatic heterocycles. The monoisotopic (exact) mass is 682 g/mol. The summed E-state index contributed by atoms with van der Waals surface area (Å²) in [5.74, 6) is 0.948. The lowest BCUT2D eigenvalue weighted by Gasteiger charge is -2.26. The Morgan fingerprint density at radius 2 is 1.40 bits per heavy atom. The zero-order valence-electron chi connectivity index (χ0n) is 28.6. The molecule has 1 unspecified atom stereocenters. The van der Waals surface area contributed by atoms with Crippen LogP contribution < -0.4 is 11.1 Å². The quantitative estimate of drug-likeness (QED) is 0.190. The normalized spacial score (nSPS) is 18.5. The summed E-state index contributed by atoms with van der Waals surface area (Å²) in [6.07, 6.45) is 2.39. The zero-order valence-corrected chi connectivity index (χ0v) is 28.6. The Labute approximate surface area is 289 Å². The lowest BCUT2D eigenvalue weighted by atomic mass is 10.0. The highest BCUT2D eigenvalue weighted by Crippen LogP contribution is 2.35. The highest BCUT2D eigenvalue weighted by molar-refractivity contribution is 5.86. The molecule has 2 fully saturated rings. The minimum absolute atomic E-state index is 0.173. The standard InChI is InChI=1S/C36H42N8O6/c1-20-30(42-32(39-20)29-8-6-17-43(29)33(45)21(2)40-36(48)49-4)26-15-11-24(12-16-26)23-9-13-25(14-10-23)27-19-38-31(41-27)28-7-5-18-44(28)34(46)22(3)50-35(37)47/h9-16,19,21-22,28-29H,5-8,17-18H2,1-4H3,(H2,37,47)(H,38,41)(H,39,42)(H,40,48)/t21-,22-,28-,29?/m0/s1. The molecule has 0 aliphatic carbocycles. The van der Waals surface area contributed by atoms with Gasteiger partial charge in [-0.2, -0.15) is 0 Å². The van der Waals surface area contributed by atoms with Crippen LogP contribution in [-0.2, 0) is 19.1 Å². The van der Waals surface area contributed by atoms with Crippen molar-refractivity contribution >= 4 is 24.0 Å². The Bertz CT molecular complexity index is 1870. The summed E-state index contributed by atoms with van der Waals surface area (Å²) in [6, 6.07) is 15.2. The Morgan fingerprint density at radius 1 is 0.840 bits per heavy atom. The van der Waals surface area contributed by atoms with E-state index in [2.05, 4.69) is 49.3 Å². The van der Waals surface area contributed by atoms with Crippen LogP contribution in [0.5, 0.6) is 0 Å². The number of aromatic nitrogens is 4. The summed E-state index contributed by atoms with van der Waals surface area (Å²) in [7, 11) is 1.27. The van der Waals surface area contributed by atoms with Crippen molar-refractivity contribution in [2.75, 3.05) is 20.2 Å². The number of amides is 4. The third-order valence-electron chi connectivity index (χ3n) is 9.42. The molecule has 2 aliphatic rings. The first kappa shape index (κ1) is 34.2. The predicted octanol–water partition coefficient (Wildman–Crippen LogP) is 5.00. The molecule has 4 atom stereocenters. The molecule has 0 spiro atoms. The number of alkyl carbamates (subject to hydrolysis) is 1. The number of benzene rings is 2. The molecule has 4 heterocycles. The molecule has 2 saturated heterocycles. The fraction of sp³-hybridized carbons (Fsp3) is 0.389. The number of imidazole rings is 2. The van der Waals surface area contributed by atoms with Gasteiger partial charge in [0.2, 0.25) is 5.91 Å². The number of hydrogen-bond acceptors (Lipinski definition) is 8. The Morgan fingerprint density at radius 3 is 2.00 bits per heavy atom. The van der Waals surface area contributed by atoms with Gasteiger partial charge in [-0.1, -0.05) is 48.5 Å². The van der Waals surface area contributed by atoms with Crippen molar-refractivity contribution in [1.82, 2.24) is 35.1 Å². The number of nitrogens with one attached hydrogen (secondary N) is 3. The van der Waals surface area contributed by atoms with Gasteiger partial charge in [0.25, 0.3) is 5.91 Å². The number of nitrogens with zero attached hydrogens (tertiary/aromatic N) is 4. The molecular formula is C36H42N8O6. The van der Waals surface area contributed by atoms with Crippen molar-refractivity contribution < 1.29 is 28.7 Å². The van der Waals surface area contributed by atoms with Gasteiger partial charge in [0.1, 0.15) is 17.7 Å². The molecule has 14 heteroatoms. The van der Waals surface area contributed by atoms with E-state index in [9.17, 15) is 19.2 Å². The number of primary amides is 1. The molecule has 5 N–H and O–H groups in total. The van der Waals surface area contributed by atoms with E-state index in [4.69, 9.17) is 15.5 Å². The van der Waals surface area contributed by atoms with Gasteiger partial charge in [-0.15, -0.1) is 0 Å².